The van der Waals surface area contributed by atoms with Crippen LogP contribution in [0.15, 0.2) is 50.8 Å². The van der Waals surface area contributed by atoms with Crippen molar-refractivity contribution in [1.29, 1.82) is 0 Å². The normalized spacial score (nSPS) is 14.4. The van der Waals surface area contributed by atoms with Gasteiger partial charge in [-0.25, -0.2) is 4.98 Å². The van der Waals surface area contributed by atoms with Crippen molar-refractivity contribution >= 4 is 27.7 Å². The fourth-order valence-corrected chi connectivity index (χ4v) is 3.02. The second-order valence-corrected chi connectivity index (χ2v) is 5.97. The van der Waals surface area contributed by atoms with Gasteiger partial charge in [0.25, 0.3) is 5.22 Å². The van der Waals surface area contributed by atoms with Crippen LogP contribution in [0.4, 0.5) is 0 Å². The number of benzene rings is 1. The molecule has 2 unspecified atom stereocenters. The summed E-state index contributed by atoms with van der Waals surface area (Å²) < 4.78 is 6.36. The van der Waals surface area contributed by atoms with E-state index in [0.717, 1.165) is 10.9 Å². The van der Waals surface area contributed by atoms with Crippen molar-refractivity contribution < 1.29 is 4.42 Å². The quantitative estimate of drug-likeness (QED) is 0.843. The first-order valence-corrected chi connectivity index (χ1v) is 7.45. The Morgan fingerprint density at radius 2 is 2.11 bits per heavy atom. The molecule has 2 N–H and O–H groups in total. The molecule has 1 heterocycles. The summed E-state index contributed by atoms with van der Waals surface area (Å²) in [6.45, 7) is 2.09. The van der Waals surface area contributed by atoms with Crippen LogP contribution in [-0.2, 0) is 0 Å². The van der Waals surface area contributed by atoms with Gasteiger partial charge in [0.2, 0.25) is 0 Å². The first-order chi connectivity index (χ1) is 8.70. The molecule has 0 bridgehead atoms. The molecule has 0 spiro atoms. The number of oxazole rings is 1. The molecule has 2 aromatic rings. The molecule has 1 aromatic carbocycles. The standard InChI is InChI=1S/C13H15BrN2OS/c1-2-11(15)12(18-13-16-7-8-17-13)9-3-5-10(14)6-4-9/h3-8,11-12H,2,15H2,1H3. The molecule has 1 aromatic heterocycles. The summed E-state index contributed by atoms with van der Waals surface area (Å²) in [5.74, 6) is 0. The molecular weight excluding hydrogens is 312 g/mol. The van der Waals surface area contributed by atoms with E-state index in [4.69, 9.17) is 10.2 Å². The van der Waals surface area contributed by atoms with Gasteiger partial charge in [0.05, 0.1) is 11.4 Å². The Morgan fingerprint density at radius 3 is 2.67 bits per heavy atom. The fourth-order valence-electron chi connectivity index (χ4n) is 1.65. The maximum atomic E-state index is 6.20. The highest BCUT2D eigenvalue weighted by Crippen LogP contribution is 2.37. The van der Waals surface area contributed by atoms with Crippen LogP contribution in [0, 0.1) is 0 Å². The Morgan fingerprint density at radius 1 is 1.39 bits per heavy atom. The van der Waals surface area contributed by atoms with E-state index in [9.17, 15) is 0 Å². The minimum atomic E-state index is 0.0723. The lowest BCUT2D eigenvalue weighted by Crippen LogP contribution is -2.25. The van der Waals surface area contributed by atoms with E-state index >= 15 is 0 Å². The Bertz CT molecular complexity index is 472. The third kappa shape index (κ3) is 3.37. The molecule has 0 saturated carbocycles. The van der Waals surface area contributed by atoms with E-state index in [1.165, 1.54) is 5.56 Å². The lowest BCUT2D eigenvalue weighted by molar-refractivity contribution is 0.451. The summed E-state index contributed by atoms with van der Waals surface area (Å²) >= 11 is 5.01. The fraction of sp³-hybridized carbons (Fsp3) is 0.308. The largest absolute Gasteiger partial charge is 0.440 e. The topological polar surface area (TPSA) is 52.0 Å². The van der Waals surface area contributed by atoms with Gasteiger partial charge in [-0.3, -0.25) is 0 Å². The number of hydrogen-bond donors (Lipinski definition) is 1. The Balaban J connectivity index is 2.22. The number of hydrogen-bond acceptors (Lipinski definition) is 4. The van der Waals surface area contributed by atoms with Gasteiger partial charge in [-0.2, -0.15) is 0 Å². The van der Waals surface area contributed by atoms with Crippen molar-refractivity contribution in [3.8, 4) is 0 Å². The lowest BCUT2D eigenvalue weighted by atomic mass is 10.0. The van der Waals surface area contributed by atoms with Crippen molar-refractivity contribution in [3.63, 3.8) is 0 Å². The number of nitrogens with zero attached hydrogens (tertiary/aromatic N) is 1. The summed E-state index contributed by atoms with van der Waals surface area (Å²) in [6.07, 6.45) is 4.14. The highest BCUT2D eigenvalue weighted by Gasteiger charge is 2.21. The third-order valence-corrected chi connectivity index (χ3v) is 4.50. The van der Waals surface area contributed by atoms with Crippen LogP contribution < -0.4 is 5.73 Å². The highest BCUT2D eigenvalue weighted by molar-refractivity contribution is 9.10. The second-order valence-electron chi connectivity index (χ2n) is 3.96. The van der Waals surface area contributed by atoms with E-state index in [-0.39, 0.29) is 11.3 Å². The molecule has 2 atom stereocenters. The molecule has 2 rings (SSSR count). The summed E-state index contributed by atoms with van der Waals surface area (Å²) in [5, 5.41) is 0.813. The van der Waals surface area contributed by atoms with Gasteiger partial charge in [0.1, 0.15) is 6.26 Å². The van der Waals surface area contributed by atoms with Crippen LogP contribution in [0.25, 0.3) is 0 Å². The van der Waals surface area contributed by atoms with Crippen LogP contribution in [-0.4, -0.2) is 11.0 Å². The zero-order valence-corrected chi connectivity index (χ0v) is 12.4. The van der Waals surface area contributed by atoms with Gasteiger partial charge in [0, 0.05) is 10.5 Å². The zero-order valence-electron chi connectivity index (χ0n) is 10.0. The summed E-state index contributed by atoms with van der Waals surface area (Å²) in [5.41, 5.74) is 7.39. The number of rotatable bonds is 5. The number of nitrogens with two attached hydrogens (primary N) is 1. The molecule has 0 aliphatic rings. The van der Waals surface area contributed by atoms with Crippen LogP contribution >= 0.6 is 27.7 Å². The van der Waals surface area contributed by atoms with Crippen LogP contribution in [0.3, 0.4) is 0 Å². The Hall–Kier alpha value is -0.780. The van der Waals surface area contributed by atoms with Gasteiger partial charge >= 0.3 is 0 Å². The molecule has 0 radical (unpaired) electrons. The van der Waals surface area contributed by atoms with Crippen molar-refractivity contribution in [2.45, 2.75) is 29.9 Å². The molecule has 0 aliphatic heterocycles. The molecule has 0 aliphatic carbocycles. The molecule has 0 fully saturated rings. The Labute approximate surface area is 119 Å². The van der Waals surface area contributed by atoms with Gasteiger partial charge in [0.15, 0.2) is 0 Å². The highest BCUT2D eigenvalue weighted by atomic mass is 79.9. The van der Waals surface area contributed by atoms with E-state index in [2.05, 4.69) is 40.0 Å². The average Bonchev–Trinajstić information content (AvgIpc) is 2.89. The number of thioether (sulfide) groups is 1. The summed E-state index contributed by atoms with van der Waals surface area (Å²) in [6, 6.07) is 8.30. The summed E-state index contributed by atoms with van der Waals surface area (Å²) in [4.78, 5) is 4.15. The first kappa shape index (κ1) is 13.6. The third-order valence-electron chi connectivity index (χ3n) is 2.70. The van der Waals surface area contributed by atoms with Crippen molar-refractivity contribution in [2.75, 3.05) is 0 Å². The van der Waals surface area contributed by atoms with Gasteiger partial charge in [-0.15, -0.1) is 0 Å². The van der Waals surface area contributed by atoms with Gasteiger partial charge in [-0.1, -0.05) is 46.7 Å². The van der Waals surface area contributed by atoms with E-state index in [1.54, 1.807) is 24.2 Å². The summed E-state index contributed by atoms with van der Waals surface area (Å²) in [7, 11) is 0. The van der Waals surface area contributed by atoms with E-state index < -0.39 is 0 Å². The van der Waals surface area contributed by atoms with Crippen molar-refractivity contribution in [3.05, 3.63) is 46.8 Å². The molecule has 0 saturated heterocycles. The lowest BCUT2D eigenvalue weighted by Gasteiger charge is -2.21. The SMILES string of the molecule is CCC(N)C(Sc1ncco1)c1ccc(Br)cc1. The van der Waals surface area contributed by atoms with E-state index in [0.29, 0.717) is 5.22 Å². The molecule has 18 heavy (non-hydrogen) atoms. The number of halogens is 1. The molecule has 96 valence electrons. The van der Waals surface area contributed by atoms with E-state index in [1.807, 2.05) is 12.1 Å². The first-order valence-electron chi connectivity index (χ1n) is 5.78. The van der Waals surface area contributed by atoms with Crippen molar-refractivity contribution in [1.82, 2.24) is 4.98 Å². The van der Waals surface area contributed by atoms with Crippen molar-refractivity contribution in [2.24, 2.45) is 5.73 Å². The average molecular weight is 327 g/mol. The van der Waals surface area contributed by atoms with Crippen LogP contribution in [0.1, 0.15) is 24.2 Å². The maximum absolute atomic E-state index is 6.20. The molecule has 0 amide bonds. The molecule has 3 nitrogen and oxygen atoms in total. The van der Waals surface area contributed by atoms with Crippen LogP contribution in [0.5, 0.6) is 0 Å². The smallest absolute Gasteiger partial charge is 0.256 e. The predicted octanol–water partition coefficient (Wildman–Crippen LogP) is 4.01. The minimum absolute atomic E-state index is 0.0723. The molecular formula is C13H15BrN2OS. The monoisotopic (exact) mass is 326 g/mol. The maximum Gasteiger partial charge on any atom is 0.256 e. The van der Waals surface area contributed by atoms with Gasteiger partial charge in [-0.05, 0) is 24.1 Å². The number of aromatic nitrogens is 1. The van der Waals surface area contributed by atoms with Gasteiger partial charge < -0.3 is 10.2 Å². The predicted molar refractivity (Wildman–Crippen MR) is 77.5 cm³/mol. The molecule has 5 heteroatoms. The minimum Gasteiger partial charge on any atom is -0.440 e. The Kier molecular flexibility index (Phi) is 4.86. The second kappa shape index (κ2) is 6.41. The van der Waals surface area contributed by atoms with Crippen LogP contribution in [0.2, 0.25) is 0 Å². The zero-order chi connectivity index (χ0) is 13.0.